The van der Waals surface area contributed by atoms with Crippen molar-refractivity contribution in [1.82, 2.24) is 9.78 Å². The number of amides is 1. The van der Waals surface area contributed by atoms with E-state index >= 15 is 0 Å². The van der Waals surface area contributed by atoms with E-state index in [0.29, 0.717) is 0 Å². The molecule has 29 heavy (non-hydrogen) atoms. The normalized spacial score (nSPS) is 10.8. The molecule has 6 nitrogen and oxygen atoms in total. The number of rotatable bonds is 7. The Hall–Kier alpha value is -3.27. The van der Waals surface area contributed by atoms with Crippen LogP contribution in [0.25, 0.3) is 0 Å². The summed E-state index contributed by atoms with van der Waals surface area (Å²) in [6, 6.07) is 7.94. The van der Waals surface area contributed by atoms with E-state index in [1.807, 2.05) is 0 Å². The van der Waals surface area contributed by atoms with Crippen molar-refractivity contribution in [3.05, 3.63) is 71.0 Å². The van der Waals surface area contributed by atoms with Crippen molar-refractivity contribution < 1.29 is 31.8 Å². The van der Waals surface area contributed by atoms with Gasteiger partial charge in [0.15, 0.2) is 18.2 Å². The summed E-state index contributed by atoms with van der Waals surface area (Å²) in [6.45, 7) is -3.30. The van der Waals surface area contributed by atoms with Crippen LogP contribution in [0.2, 0.25) is 5.02 Å². The van der Waals surface area contributed by atoms with E-state index in [1.54, 1.807) is 0 Å². The first-order valence-electron chi connectivity index (χ1n) is 7.99. The van der Waals surface area contributed by atoms with Crippen LogP contribution in [0.15, 0.2) is 48.7 Å². The summed E-state index contributed by atoms with van der Waals surface area (Å²) < 4.78 is 62.1. The number of anilines is 1. The van der Waals surface area contributed by atoms with Crippen molar-refractivity contribution in [3.8, 4) is 11.5 Å². The third-order valence-corrected chi connectivity index (χ3v) is 3.83. The van der Waals surface area contributed by atoms with Crippen LogP contribution in [0.3, 0.4) is 0 Å². The van der Waals surface area contributed by atoms with E-state index in [-0.39, 0.29) is 28.9 Å². The number of carbonyl (C=O) groups is 1. The zero-order chi connectivity index (χ0) is 21.0. The molecule has 11 heteroatoms. The average Bonchev–Trinajstić information content (AvgIpc) is 3.13. The van der Waals surface area contributed by atoms with Gasteiger partial charge in [-0.15, -0.1) is 0 Å². The molecule has 0 aliphatic heterocycles. The number of hydrogen-bond donors (Lipinski definition) is 1. The summed E-state index contributed by atoms with van der Waals surface area (Å²) in [5.74, 6) is -2.37. The van der Waals surface area contributed by atoms with Gasteiger partial charge in [0.2, 0.25) is 0 Å². The van der Waals surface area contributed by atoms with Gasteiger partial charge in [0.25, 0.3) is 5.91 Å². The molecule has 152 valence electrons. The Balaban J connectivity index is 1.66. The van der Waals surface area contributed by atoms with Crippen LogP contribution in [-0.2, 0) is 6.73 Å². The second-order valence-corrected chi connectivity index (χ2v) is 5.97. The fraction of sp³-hybridized carbons (Fsp3) is 0.111. The molecule has 1 heterocycles. The highest BCUT2D eigenvalue weighted by Gasteiger charge is 2.16. The number of nitrogens with one attached hydrogen (secondary N) is 1. The number of hydrogen-bond acceptors (Lipinski definition) is 4. The number of aromatic nitrogens is 2. The minimum atomic E-state index is -3.19. The van der Waals surface area contributed by atoms with Crippen molar-refractivity contribution in [2.45, 2.75) is 13.3 Å². The van der Waals surface area contributed by atoms with Gasteiger partial charge in [0.05, 0.1) is 10.7 Å². The standard InChI is InChI=1S/C18H12ClF4N3O3/c19-12-8-11(2-3-13(12)21)28-9-26-6-5-15(25-26)17(27)24-14-4-1-10(20)7-16(14)29-18(22)23/h1-8,18H,9H2,(H,24,27). The first-order chi connectivity index (χ1) is 13.8. The van der Waals surface area contributed by atoms with E-state index in [0.717, 1.165) is 24.3 Å². The summed E-state index contributed by atoms with van der Waals surface area (Å²) in [5, 5.41) is 6.19. The largest absolute Gasteiger partial charge is 0.471 e. The van der Waals surface area contributed by atoms with Gasteiger partial charge in [0, 0.05) is 18.3 Å². The predicted octanol–water partition coefficient (Wildman–Crippen LogP) is 4.70. The van der Waals surface area contributed by atoms with Crippen molar-refractivity contribution >= 4 is 23.2 Å². The summed E-state index contributed by atoms with van der Waals surface area (Å²) in [4.78, 5) is 12.3. The molecule has 0 saturated heterocycles. The highest BCUT2D eigenvalue weighted by Crippen LogP contribution is 2.27. The molecule has 0 spiro atoms. The second kappa shape index (κ2) is 8.82. The van der Waals surface area contributed by atoms with Crippen LogP contribution in [0.1, 0.15) is 10.5 Å². The Morgan fingerprint density at radius 3 is 2.69 bits per heavy atom. The molecule has 3 rings (SSSR count). The summed E-state index contributed by atoms with van der Waals surface area (Å²) in [6.07, 6.45) is 1.43. The fourth-order valence-electron chi connectivity index (χ4n) is 2.24. The molecule has 0 atom stereocenters. The molecule has 0 unspecified atom stereocenters. The lowest BCUT2D eigenvalue weighted by Gasteiger charge is -2.11. The summed E-state index contributed by atoms with van der Waals surface area (Å²) in [7, 11) is 0. The van der Waals surface area contributed by atoms with Crippen LogP contribution in [0.4, 0.5) is 23.2 Å². The lowest BCUT2D eigenvalue weighted by molar-refractivity contribution is -0.0495. The maximum Gasteiger partial charge on any atom is 0.387 e. The first-order valence-corrected chi connectivity index (χ1v) is 8.36. The van der Waals surface area contributed by atoms with Gasteiger partial charge in [-0.05, 0) is 30.3 Å². The third-order valence-electron chi connectivity index (χ3n) is 3.54. The van der Waals surface area contributed by atoms with Gasteiger partial charge in [-0.3, -0.25) is 4.79 Å². The van der Waals surface area contributed by atoms with Crippen LogP contribution >= 0.6 is 11.6 Å². The van der Waals surface area contributed by atoms with E-state index in [1.165, 1.54) is 29.1 Å². The number of ether oxygens (including phenoxy) is 2. The van der Waals surface area contributed by atoms with Gasteiger partial charge in [-0.25, -0.2) is 13.5 Å². The molecule has 3 aromatic rings. The third kappa shape index (κ3) is 5.38. The molecule has 1 amide bonds. The Labute approximate surface area is 166 Å². The lowest BCUT2D eigenvalue weighted by atomic mass is 10.2. The number of nitrogens with zero attached hydrogens (tertiary/aromatic N) is 2. The molecule has 0 fully saturated rings. The Bertz CT molecular complexity index is 1030. The number of carbonyl (C=O) groups excluding carboxylic acids is 1. The Morgan fingerprint density at radius 2 is 1.97 bits per heavy atom. The van der Waals surface area contributed by atoms with Crippen molar-refractivity contribution in [1.29, 1.82) is 0 Å². The molecular weight excluding hydrogens is 418 g/mol. The predicted molar refractivity (Wildman–Crippen MR) is 95.3 cm³/mol. The van der Waals surface area contributed by atoms with E-state index < -0.39 is 29.9 Å². The smallest absolute Gasteiger partial charge is 0.387 e. The lowest BCUT2D eigenvalue weighted by Crippen LogP contribution is -2.15. The number of benzene rings is 2. The molecule has 2 aromatic carbocycles. The zero-order valence-corrected chi connectivity index (χ0v) is 15.2. The Morgan fingerprint density at radius 1 is 1.17 bits per heavy atom. The van der Waals surface area contributed by atoms with Crippen LogP contribution in [0, 0.1) is 11.6 Å². The van der Waals surface area contributed by atoms with Gasteiger partial charge in [-0.2, -0.15) is 13.9 Å². The molecular formula is C18H12ClF4N3O3. The molecule has 0 bridgehead atoms. The van der Waals surface area contributed by atoms with Gasteiger partial charge in [-0.1, -0.05) is 11.6 Å². The summed E-state index contributed by atoms with van der Waals surface area (Å²) in [5.41, 5.74) is -0.207. The Kier molecular flexibility index (Phi) is 6.23. The minimum Gasteiger partial charge on any atom is -0.471 e. The molecule has 0 aliphatic carbocycles. The second-order valence-electron chi connectivity index (χ2n) is 5.56. The van der Waals surface area contributed by atoms with Crippen molar-refractivity contribution in [2.75, 3.05) is 5.32 Å². The first kappa shape index (κ1) is 20.5. The SMILES string of the molecule is O=C(Nc1ccc(F)cc1OC(F)F)c1ccn(COc2ccc(F)c(Cl)c2)n1. The average molecular weight is 430 g/mol. The quantitative estimate of drug-likeness (QED) is 0.553. The number of alkyl halides is 2. The van der Waals surface area contributed by atoms with Crippen LogP contribution < -0.4 is 14.8 Å². The van der Waals surface area contributed by atoms with Gasteiger partial charge in [0.1, 0.15) is 17.4 Å². The molecule has 1 aromatic heterocycles. The summed E-state index contributed by atoms with van der Waals surface area (Å²) >= 11 is 5.66. The molecule has 0 radical (unpaired) electrons. The fourth-order valence-corrected chi connectivity index (χ4v) is 2.41. The monoisotopic (exact) mass is 429 g/mol. The molecule has 1 N–H and O–H groups in total. The van der Waals surface area contributed by atoms with Crippen molar-refractivity contribution in [2.24, 2.45) is 0 Å². The zero-order valence-electron chi connectivity index (χ0n) is 14.4. The minimum absolute atomic E-state index is 0.0574. The highest BCUT2D eigenvalue weighted by molar-refractivity contribution is 6.30. The van der Waals surface area contributed by atoms with Crippen LogP contribution in [-0.4, -0.2) is 22.3 Å². The van der Waals surface area contributed by atoms with Gasteiger partial charge >= 0.3 is 6.61 Å². The van der Waals surface area contributed by atoms with E-state index in [4.69, 9.17) is 16.3 Å². The maximum atomic E-state index is 13.2. The molecule has 0 aliphatic rings. The maximum absolute atomic E-state index is 13.2. The topological polar surface area (TPSA) is 65.4 Å². The van der Waals surface area contributed by atoms with Crippen LogP contribution in [0.5, 0.6) is 11.5 Å². The van der Waals surface area contributed by atoms with E-state index in [2.05, 4.69) is 15.2 Å². The highest BCUT2D eigenvalue weighted by atomic mass is 35.5. The van der Waals surface area contributed by atoms with E-state index in [9.17, 15) is 22.4 Å². The van der Waals surface area contributed by atoms with Crippen molar-refractivity contribution in [3.63, 3.8) is 0 Å². The molecule has 0 saturated carbocycles. The number of halogens is 5. The van der Waals surface area contributed by atoms with Gasteiger partial charge < -0.3 is 14.8 Å².